The third-order valence-electron chi connectivity index (χ3n) is 1.55. The molecule has 0 unspecified atom stereocenters. The molecule has 0 spiro atoms. The van der Waals surface area contributed by atoms with Gasteiger partial charge in [0.25, 0.3) is 0 Å². The SMILES string of the molecule is CSc1ccc(Cl)cc1/C(N)=N/O. The number of hydrogen-bond donors (Lipinski definition) is 2. The fraction of sp³-hybridized carbons (Fsp3) is 0.125. The molecule has 0 amide bonds. The Morgan fingerprint density at radius 3 is 2.85 bits per heavy atom. The minimum atomic E-state index is 0.0758. The first kappa shape index (κ1) is 10.2. The minimum Gasteiger partial charge on any atom is -0.409 e. The summed E-state index contributed by atoms with van der Waals surface area (Å²) in [5.74, 6) is 0.0758. The molecule has 0 saturated heterocycles. The summed E-state index contributed by atoms with van der Waals surface area (Å²) in [5.41, 5.74) is 6.12. The number of rotatable bonds is 2. The molecule has 1 aromatic rings. The van der Waals surface area contributed by atoms with Gasteiger partial charge in [-0.3, -0.25) is 0 Å². The molecule has 13 heavy (non-hydrogen) atoms. The van der Waals surface area contributed by atoms with E-state index in [4.69, 9.17) is 22.5 Å². The van der Waals surface area contributed by atoms with Crippen molar-refractivity contribution in [1.29, 1.82) is 0 Å². The molecule has 0 aliphatic rings. The lowest BCUT2D eigenvalue weighted by Gasteiger charge is -2.05. The monoisotopic (exact) mass is 216 g/mol. The van der Waals surface area contributed by atoms with Crippen molar-refractivity contribution in [3.8, 4) is 0 Å². The van der Waals surface area contributed by atoms with Crippen LogP contribution < -0.4 is 5.73 Å². The summed E-state index contributed by atoms with van der Waals surface area (Å²) in [6.07, 6.45) is 1.91. The molecule has 1 aromatic carbocycles. The van der Waals surface area contributed by atoms with Gasteiger partial charge in [0.2, 0.25) is 0 Å². The van der Waals surface area contributed by atoms with E-state index in [2.05, 4.69) is 5.16 Å². The van der Waals surface area contributed by atoms with E-state index in [-0.39, 0.29) is 5.84 Å². The molecule has 3 N–H and O–H groups in total. The van der Waals surface area contributed by atoms with E-state index in [1.807, 2.05) is 12.3 Å². The molecule has 0 aliphatic carbocycles. The summed E-state index contributed by atoms with van der Waals surface area (Å²) < 4.78 is 0. The quantitative estimate of drug-likeness (QED) is 0.262. The largest absolute Gasteiger partial charge is 0.409 e. The number of benzene rings is 1. The fourth-order valence-corrected chi connectivity index (χ4v) is 1.69. The lowest BCUT2D eigenvalue weighted by Crippen LogP contribution is -2.14. The molecule has 1 rings (SSSR count). The molecular weight excluding hydrogens is 208 g/mol. The van der Waals surface area contributed by atoms with Crippen molar-refractivity contribution >= 4 is 29.2 Å². The minimum absolute atomic E-state index is 0.0758. The highest BCUT2D eigenvalue weighted by molar-refractivity contribution is 7.98. The summed E-state index contributed by atoms with van der Waals surface area (Å²) in [5, 5.41) is 12.0. The van der Waals surface area contributed by atoms with Gasteiger partial charge in [-0.2, -0.15) is 0 Å². The van der Waals surface area contributed by atoms with Crippen molar-refractivity contribution in [3.63, 3.8) is 0 Å². The molecule has 0 aromatic heterocycles. The van der Waals surface area contributed by atoms with Crippen molar-refractivity contribution in [2.24, 2.45) is 10.9 Å². The summed E-state index contributed by atoms with van der Waals surface area (Å²) in [7, 11) is 0. The molecule has 3 nitrogen and oxygen atoms in total. The maximum Gasteiger partial charge on any atom is 0.171 e. The highest BCUT2D eigenvalue weighted by Gasteiger charge is 2.06. The van der Waals surface area contributed by atoms with Gasteiger partial charge in [-0.1, -0.05) is 16.8 Å². The number of amidine groups is 1. The molecule has 0 atom stereocenters. The topological polar surface area (TPSA) is 58.6 Å². The summed E-state index contributed by atoms with van der Waals surface area (Å²) in [4.78, 5) is 0.930. The first-order valence-corrected chi connectivity index (χ1v) is 5.10. The van der Waals surface area contributed by atoms with Crippen LogP contribution in [0.5, 0.6) is 0 Å². The van der Waals surface area contributed by atoms with Gasteiger partial charge >= 0.3 is 0 Å². The molecule has 0 heterocycles. The van der Waals surface area contributed by atoms with Crippen LogP contribution in [0.15, 0.2) is 28.3 Å². The van der Waals surface area contributed by atoms with Crippen molar-refractivity contribution in [2.45, 2.75) is 4.90 Å². The zero-order valence-corrected chi connectivity index (χ0v) is 8.56. The van der Waals surface area contributed by atoms with Gasteiger partial charge in [0.15, 0.2) is 5.84 Å². The second-order valence-corrected chi connectivity index (χ2v) is 3.61. The smallest absolute Gasteiger partial charge is 0.171 e. The third-order valence-corrected chi connectivity index (χ3v) is 2.58. The number of thioether (sulfide) groups is 1. The van der Waals surface area contributed by atoms with Crippen LogP contribution in [0.4, 0.5) is 0 Å². The number of nitrogens with zero attached hydrogens (tertiary/aromatic N) is 1. The van der Waals surface area contributed by atoms with Crippen LogP contribution >= 0.6 is 23.4 Å². The van der Waals surface area contributed by atoms with E-state index in [1.54, 1.807) is 12.1 Å². The zero-order valence-electron chi connectivity index (χ0n) is 6.99. The Kier molecular flexibility index (Phi) is 3.45. The van der Waals surface area contributed by atoms with E-state index in [1.165, 1.54) is 11.8 Å². The highest BCUT2D eigenvalue weighted by atomic mass is 35.5. The Labute approximate surface area is 85.6 Å². The van der Waals surface area contributed by atoms with Crippen LogP contribution in [0.1, 0.15) is 5.56 Å². The van der Waals surface area contributed by atoms with E-state index in [9.17, 15) is 0 Å². The Hall–Kier alpha value is -0.870. The predicted molar refractivity (Wildman–Crippen MR) is 55.7 cm³/mol. The normalized spacial score (nSPS) is 11.7. The average Bonchev–Trinajstić information content (AvgIpc) is 2.16. The molecule has 70 valence electrons. The standard InChI is InChI=1S/C8H9ClN2OS/c1-13-7-3-2-5(9)4-6(7)8(10)11-12/h2-4,12H,1H3,(H2,10,11). The van der Waals surface area contributed by atoms with Crippen LogP contribution in [0.2, 0.25) is 5.02 Å². The van der Waals surface area contributed by atoms with Crippen molar-refractivity contribution in [1.82, 2.24) is 0 Å². The Morgan fingerprint density at radius 2 is 2.31 bits per heavy atom. The van der Waals surface area contributed by atoms with Crippen LogP contribution in [0.25, 0.3) is 0 Å². The van der Waals surface area contributed by atoms with E-state index in [0.29, 0.717) is 10.6 Å². The first-order chi connectivity index (χ1) is 6.19. The molecule has 5 heteroatoms. The number of nitrogens with two attached hydrogens (primary N) is 1. The lowest BCUT2D eigenvalue weighted by molar-refractivity contribution is 0.318. The third kappa shape index (κ3) is 2.29. The van der Waals surface area contributed by atoms with E-state index < -0.39 is 0 Å². The highest BCUT2D eigenvalue weighted by Crippen LogP contribution is 2.23. The fourth-order valence-electron chi connectivity index (χ4n) is 0.934. The van der Waals surface area contributed by atoms with Crippen LogP contribution in [0, 0.1) is 0 Å². The van der Waals surface area contributed by atoms with Crippen LogP contribution in [-0.2, 0) is 0 Å². The van der Waals surface area contributed by atoms with Crippen molar-refractivity contribution < 1.29 is 5.21 Å². The number of halogens is 1. The Balaban J connectivity index is 3.23. The van der Waals surface area contributed by atoms with Gasteiger partial charge in [-0.05, 0) is 24.5 Å². The maximum atomic E-state index is 8.51. The number of oxime groups is 1. The Morgan fingerprint density at radius 1 is 1.62 bits per heavy atom. The second-order valence-electron chi connectivity index (χ2n) is 2.33. The van der Waals surface area contributed by atoms with Gasteiger partial charge < -0.3 is 10.9 Å². The molecule has 0 aliphatic heterocycles. The summed E-state index contributed by atoms with van der Waals surface area (Å²) in [6.45, 7) is 0. The van der Waals surface area contributed by atoms with Crippen LogP contribution in [-0.4, -0.2) is 17.3 Å². The molecule has 0 bridgehead atoms. The van der Waals surface area contributed by atoms with Gasteiger partial charge in [-0.15, -0.1) is 11.8 Å². The number of hydrogen-bond acceptors (Lipinski definition) is 3. The molecular formula is C8H9ClN2OS. The van der Waals surface area contributed by atoms with Gasteiger partial charge in [0.1, 0.15) is 0 Å². The van der Waals surface area contributed by atoms with Gasteiger partial charge in [0, 0.05) is 15.5 Å². The lowest BCUT2D eigenvalue weighted by atomic mass is 10.2. The van der Waals surface area contributed by atoms with Crippen molar-refractivity contribution in [3.05, 3.63) is 28.8 Å². The predicted octanol–water partition coefficient (Wildman–Crippen LogP) is 2.16. The van der Waals surface area contributed by atoms with E-state index in [0.717, 1.165) is 4.90 Å². The van der Waals surface area contributed by atoms with Gasteiger partial charge in [-0.25, -0.2) is 0 Å². The molecule has 0 radical (unpaired) electrons. The van der Waals surface area contributed by atoms with Crippen molar-refractivity contribution in [2.75, 3.05) is 6.26 Å². The zero-order chi connectivity index (χ0) is 9.84. The summed E-state index contributed by atoms with van der Waals surface area (Å²) >= 11 is 7.29. The second kappa shape index (κ2) is 4.39. The summed E-state index contributed by atoms with van der Waals surface area (Å²) in [6, 6.07) is 5.27. The maximum absolute atomic E-state index is 8.51. The first-order valence-electron chi connectivity index (χ1n) is 3.50. The molecule has 0 fully saturated rings. The average molecular weight is 217 g/mol. The van der Waals surface area contributed by atoms with Crippen LogP contribution in [0.3, 0.4) is 0 Å². The Bertz CT molecular complexity index is 341. The van der Waals surface area contributed by atoms with Gasteiger partial charge in [0.05, 0.1) is 0 Å². The van der Waals surface area contributed by atoms with E-state index >= 15 is 0 Å². The molecule has 0 saturated carbocycles.